The highest BCUT2D eigenvalue weighted by molar-refractivity contribution is 6.05. The maximum atomic E-state index is 13.1. The Balaban J connectivity index is 1.66. The van der Waals surface area contributed by atoms with Gasteiger partial charge >= 0.3 is 6.03 Å². The summed E-state index contributed by atoms with van der Waals surface area (Å²) in [6.45, 7) is 5.05. The number of carbonyl (C=O) groups excluding carboxylic acids is 2. The van der Waals surface area contributed by atoms with Gasteiger partial charge in [-0.15, -0.1) is 6.42 Å². The first kappa shape index (κ1) is 18.7. The Morgan fingerprint density at radius 1 is 1.28 bits per heavy atom. The van der Waals surface area contributed by atoms with E-state index in [0.29, 0.717) is 11.6 Å². The summed E-state index contributed by atoms with van der Waals surface area (Å²) in [6, 6.07) is 8.48. The van der Waals surface area contributed by atoms with E-state index in [1.165, 1.54) is 0 Å². The second-order valence-corrected chi connectivity index (χ2v) is 7.67. The van der Waals surface area contributed by atoms with Gasteiger partial charge in [0.2, 0.25) is 0 Å². The van der Waals surface area contributed by atoms with Gasteiger partial charge in [-0.3, -0.25) is 15.0 Å². The van der Waals surface area contributed by atoms with E-state index in [2.05, 4.69) is 31.4 Å². The number of carbonyl (C=O) groups is 2. The van der Waals surface area contributed by atoms with E-state index in [4.69, 9.17) is 6.42 Å². The van der Waals surface area contributed by atoms with Gasteiger partial charge in [-0.1, -0.05) is 12.0 Å². The summed E-state index contributed by atoms with van der Waals surface area (Å²) in [6.07, 6.45) is 7.91. The first-order valence-corrected chi connectivity index (χ1v) is 9.45. The number of amides is 3. The fourth-order valence-corrected chi connectivity index (χ4v) is 3.59. The first-order valence-electron chi connectivity index (χ1n) is 9.45. The van der Waals surface area contributed by atoms with Crippen molar-refractivity contribution in [1.29, 1.82) is 0 Å². The molecule has 2 bridgehead atoms. The van der Waals surface area contributed by atoms with Crippen LogP contribution in [0.1, 0.15) is 30.8 Å². The normalized spacial score (nSPS) is 17.3. The molecule has 8 nitrogen and oxygen atoms in total. The second kappa shape index (κ2) is 7.09. The summed E-state index contributed by atoms with van der Waals surface area (Å²) in [7, 11) is 0. The maximum absolute atomic E-state index is 13.1. The summed E-state index contributed by atoms with van der Waals surface area (Å²) < 4.78 is 0. The Kier molecular flexibility index (Phi) is 4.59. The van der Waals surface area contributed by atoms with Gasteiger partial charge in [-0.05, 0) is 44.5 Å². The molecule has 4 heterocycles. The number of fused-ring (bicyclic) bond motifs is 4. The molecule has 0 spiro atoms. The van der Waals surface area contributed by atoms with Crippen LogP contribution in [0.5, 0.6) is 0 Å². The predicted octanol–water partition coefficient (Wildman–Crippen LogP) is 2.25. The third kappa shape index (κ3) is 3.59. The summed E-state index contributed by atoms with van der Waals surface area (Å²) in [4.78, 5) is 38.2. The molecule has 148 valence electrons. The Labute approximate surface area is 169 Å². The number of nitrogens with zero attached hydrogens (tertiary/aromatic N) is 4. The van der Waals surface area contributed by atoms with Gasteiger partial charge in [0.1, 0.15) is 11.5 Å². The van der Waals surface area contributed by atoms with Crippen molar-refractivity contribution in [2.75, 3.05) is 28.2 Å². The lowest BCUT2D eigenvalue weighted by atomic mass is 10.1. The molecule has 3 amide bonds. The SMILES string of the molecule is C#CC(C)(C)NC(=O)c1ccc2c(n1)N(C(=O)Nc1ccccn1)[C@H]1CCN2C1. The van der Waals surface area contributed by atoms with E-state index in [9.17, 15) is 9.59 Å². The van der Waals surface area contributed by atoms with Crippen molar-refractivity contribution in [3.05, 3.63) is 42.2 Å². The second-order valence-electron chi connectivity index (χ2n) is 7.67. The predicted molar refractivity (Wildman–Crippen MR) is 111 cm³/mol. The fourth-order valence-electron chi connectivity index (χ4n) is 3.59. The molecule has 8 heteroatoms. The van der Waals surface area contributed by atoms with Crippen LogP contribution in [0.4, 0.5) is 22.1 Å². The van der Waals surface area contributed by atoms with Crippen molar-refractivity contribution in [3.8, 4) is 12.3 Å². The van der Waals surface area contributed by atoms with E-state index in [1.54, 1.807) is 49.2 Å². The van der Waals surface area contributed by atoms with Crippen molar-refractivity contribution in [2.24, 2.45) is 0 Å². The molecular formula is C21H22N6O2. The van der Waals surface area contributed by atoms with Gasteiger partial charge in [0.25, 0.3) is 5.91 Å². The molecule has 4 rings (SSSR count). The number of hydrogen-bond acceptors (Lipinski definition) is 5. The highest BCUT2D eigenvalue weighted by Crippen LogP contribution is 2.39. The molecule has 29 heavy (non-hydrogen) atoms. The lowest BCUT2D eigenvalue weighted by Crippen LogP contribution is -2.49. The molecule has 1 saturated heterocycles. The molecule has 1 atom stereocenters. The van der Waals surface area contributed by atoms with Crippen LogP contribution in [-0.4, -0.2) is 46.6 Å². The maximum Gasteiger partial charge on any atom is 0.329 e. The van der Waals surface area contributed by atoms with Gasteiger partial charge in [0, 0.05) is 19.3 Å². The quantitative estimate of drug-likeness (QED) is 0.785. The van der Waals surface area contributed by atoms with Crippen LogP contribution >= 0.6 is 0 Å². The van der Waals surface area contributed by atoms with Crippen LogP contribution in [0.3, 0.4) is 0 Å². The van der Waals surface area contributed by atoms with E-state index >= 15 is 0 Å². The molecule has 0 saturated carbocycles. The number of urea groups is 1. The molecule has 2 N–H and O–H groups in total. The van der Waals surface area contributed by atoms with Crippen LogP contribution in [-0.2, 0) is 0 Å². The molecular weight excluding hydrogens is 368 g/mol. The molecule has 2 aliphatic rings. The third-order valence-corrected chi connectivity index (χ3v) is 5.09. The van der Waals surface area contributed by atoms with E-state index in [0.717, 1.165) is 25.2 Å². The highest BCUT2D eigenvalue weighted by atomic mass is 16.2. The van der Waals surface area contributed by atoms with Crippen molar-refractivity contribution >= 4 is 29.3 Å². The monoisotopic (exact) mass is 390 g/mol. The number of nitrogens with one attached hydrogen (secondary N) is 2. The lowest BCUT2D eigenvalue weighted by molar-refractivity contribution is 0.0924. The molecule has 0 aromatic carbocycles. The summed E-state index contributed by atoms with van der Waals surface area (Å²) in [5.74, 6) is 3.09. The first-order chi connectivity index (χ1) is 13.9. The van der Waals surface area contributed by atoms with Gasteiger partial charge in [-0.2, -0.15) is 0 Å². The van der Waals surface area contributed by atoms with E-state index in [-0.39, 0.29) is 23.7 Å². The highest BCUT2D eigenvalue weighted by Gasteiger charge is 2.40. The average molecular weight is 390 g/mol. The molecule has 2 aromatic heterocycles. The minimum absolute atomic E-state index is 0.0147. The van der Waals surface area contributed by atoms with Crippen molar-refractivity contribution in [3.63, 3.8) is 0 Å². The molecule has 2 aliphatic heterocycles. The lowest BCUT2D eigenvalue weighted by Gasteiger charge is -2.35. The smallest absolute Gasteiger partial charge is 0.329 e. The number of terminal acetylenes is 1. The summed E-state index contributed by atoms with van der Waals surface area (Å²) in [5.41, 5.74) is 0.251. The topological polar surface area (TPSA) is 90.5 Å². The van der Waals surface area contributed by atoms with Crippen LogP contribution in [0, 0.1) is 12.3 Å². The zero-order chi connectivity index (χ0) is 20.6. The van der Waals surface area contributed by atoms with Crippen molar-refractivity contribution in [2.45, 2.75) is 31.8 Å². The molecule has 0 aliphatic carbocycles. The van der Waals surface area contributed by atoms with Crippen LogP contribution in [0.15, 0.2) is 36.5 Å². The Morgan fingerprint density at radius 3 is 2.83 bits per heavy atom. The average Bonchev–Trinajstić information content (AvgIpc) is 3.12. The Bertz CT molecular complexity index is 998. The van der Waals surface area contributed by atoms with Crippen molar-refractivity contribution in [1.82, 2.24) is 15.3 Å². The molecule has 2 aromatic rings. The number of hydrogen-bond donors (Lipinski definition) is 2. The zero-order valence-corrected chi connectivity index (χ0v) is 16.3. The molecule has 1 fully saturated rings. The Hall–Kier alpha value is -3.60. The van der Waals surface area contributed by atoms with Crippen LogP contribution in [0.25, 0.3) is 0 Å². The minimum atomic E-state index is -0.798. The van der Waals surface area contributed by atoms with Gasteiger partial charge < -0.3 is 10.2 Å². The van der Waals surface area contributed by atoms with E-state index in [1.807, 2.05) is 6.07 Å². The molecule has 0 radical (unpaired) electrons. The Morgan fingerprint density at radius 2 is 2.10 bits per heavy atom. The molecule has 0 unspecified atom stereocenters. The summed E-state index contributed by atoms with van der Waals surface area (Å²) >= 11 is 0. The number of pyridine rings is 2. The largest absolute Gasteiger partial charge is 0.366 e. The van der Waals surface area contributed by atoms with Gasteiger partial charge in [0.05, 0.1) is 17.3 Å². The number of rotatable bonds is 3. The van der Waals surface area contributed by atoms with Gasteiger partial charge in [-0.25, -0.2) is 14.8 Å². The zero-order valence-electron chi connectivity index (χ0n) is 16.3. The summed E-state index contributed by atoms with van der Waals surface area (Å²) in [5, 5.41) is 5.59. The number of aromatic nitrogens is 2. The van der Waals surface area contributed by atoms with Crippen molar-refractivity contribution < 1.29 is 9.59 Å². The minimum Gasteiger partial charge on any atom is -0.366 e. The standard InChI is InChI=1S/C21H22N6O2/c1-4-21(2,3)25-19(28)15-8-9-16-18(23-15)27(14-10-12-26(16)13-14)20(29)24-17-7-5-6-11-22-17/h1,5-9,11,14H,10,12-13H2,2-3H3,(H,25,28)(H,22,24,29)/t14-/m0/s1. The van der Waals surface area contributed by atoms with E-state index < -0.39 is 5.54 Å². The fraction of sp³-hybridized carbons (Fsp3) is 0.333. The third-order valence-electron chi connectivity index (χ3n) is 5.09. The van der Waals surface area contributed by atoms with Crippen LogP contribution in [0.2, 0.25) is 0 Å². The number of anilines is 3. The van der Waals surface area contributed by atoms with Gasteiger partial charge in [0.15, 0.2) is 5.82 Å². The van der Waals surface area contributed by atoms with Crippen LogP contribution < -0.4 is 20.4 Å².